The molecule has 0 amide bonds. The summed E-state index contributed by atoms with van der Waals surface area (Å²) in [4.78, 5) is 16.5. The normalized spacial score (nSPS) is 11.2. The quantitative estimate of drug-likeness (QED) is 0.718. The molecule has 0 radical (unpaired) electrons. The molecule has 0 saturated carbocycles. The van der Waals surface area contributed by atoms with Crippen LogP contribution in [0, 0.1) is 6.92 Å². The Balaban J connectivity index is 1.77. The summed E-state index contributed by atoms with van der Waals surface area (Å²) in [6, 6.07) is 6.69. The second-order valence-corrected chi connectivity index (χ2v) is 5.21. The first kappa shape index (κ1) is 16.0. The molecule has 8 heteroatoms. The number of hydrogen-bond acceptors (Lipinski definition) is 5. The predicted octanol–water partition coefficient (Wildman–Crippen LogP) is 2.78. The molecule has 0 aliphatic heterocycles. The Labute approximate surface area is 135 Å². The summed E-state index contributed by atoms with van der Waals surface area (Å²) < 4.78 is 31.3. The molecule has 3 aromatic rings. The highest BCUT2D eigenvalue weighted by molar-refractivity contribution is 5.50. The van der Waals surface area contributed by atoms with Crippen LogP contribution in [0.15, 0.2) is 45.9 Å². The van der Waals surface area contributed by atoms with Crippen molar-refractivity contribution in [3.63, 3.8) is 0 Å². The number of aromatic nitrogens is 4. The molecule has 124 valence electrons. The van der Waals surface area contributed by atoms with Crippen LogP contribution in [-0.2, 0) is 13.0 Å². The molecule has 0 unspecified atom stereocenters. The van der Waals surface area contributed by atoms with Crippen LogP contribution >= 0.6 is 0 Å². The molecule has 0 aliphatic rings. The highest BCUT2D eigenvalue weighted by atomic mass is 19.3. The average Bonchev–Trinajstić information content (AvgIpc) is 3.05. The van der Waals surface area contributed by atoms with E-state index in [-0.39, 0.29) is 11.4 Å². The maximum Gasteiger partial charge on any atom is 0.314 e. The van der Waals surface area contributed by atoms with Crippen molar-refractivity contribution in [3.8, 4) is 11.5 Å². The molecule has 0 aliphatic carbocycles. The van der Waals surface area contributed by atoms with Crippen molar-refractivity contribution in [2.24, 2.45) is 0 Å². The van der Waals surface area contributed by atoms with Gasteiger partial charge < -0.3 is 8.98 Å². The monoisotopic (exact) mass is 332 g/mol. The van der Waals surface area contributed by atoms with Gasteiger partial charge in [0.05, 0.1) is 0 Å². The van der Waals surface area contributed by atoms with E-state index in [1.165, 1.54) is 10.6 Å². The molecular weight excluding hydrogens is 318 g/mol. The Kier molecular flexibility index (Phi) is 4.45. The van der Waals surface area contributed by atoms with E-state index >= 15 is 0 Å². The average molecular weight is 332 g/mol. The minimum atomic E-state index is -2.84. The minimum absolute atomic E-state index is 0.102. The van der Waals surface area contributed by atoms with Gasteiger partial charge in [-0.15, -0.1) is 10.2 Å². The number of hydrogen-bond donors (Lipinski definition) is 0. The van der Waals surface area contributed by atoms with E-state index in [2.05, 4.69) is 15.2 Å². The lowest BCUT2D eigenvalue weighted by molar-refractivity contribution is 0.116. The largest absolute Gasteiger partial charge is 0.415 e. The van der Waals surface area contributed by atoms with Gasteiger partial charge in [-0.2, -0.15) is 8.78 Å². The molecule has 0 bridgehead atoms. The van der Waals surface area contributed by atoms with Gasteiger partial charge in [0.1, 0.15) is 0 Å². The lowest BCUT2D eigenvalue weighted by atomic mass is 10.1. The number of halogens is 2. The third-order valence-corrected chi connectivity index (χ3v) is 3.58. The molecular formula is C16H14F2N4O2. The maximum absolute atomic E-state index is 12.5. The molecule has 0 aromatic carbocycles. The van der Waals surface area contributed by atoms with Gasteiger partial charge in [-0.1, -0.05) is 6.07 Å². The third-order valence-electron chi connectivity index (χ3n) is 3.58. The summed E-state index contributed by atoms with van der Waals surface area (Å²) in [5.41, 5.74) is 2.02. The number of alkyl halides is 2. The molecule has 0 spiro atoms. The lowest BCUT2D eigenvalue weighted by Gasteiger charge is -2.07. The SMILES string of the molecule is Cc1cccnc1CCn1ccc(-c2nnc(C(F)F)o2)cc1=O. The molecule has 0 saturated heterocycles. The van der Waals surface area contributed by atoms with E-state index in [9.17, 15) is 13.6 Å². The minimum Gasteiger partial charge on any atom is -0.415 e. The number of nitrogens with zero attached hydrogens (tertiary/aromatic N) is 4. The van der Waals surface area contributed by atoms with E-state index in [1.54, 1.807) is 18.5 Å². The molecule has 0 atom stereocenters. The molecule has 24 heavy (non-hydrogen) atoms. The second kappa shape index (κ2) is 6.69. The Morgan fingerprint density at radius 2 is 2.12 bits per heavy atom. The number of rotatable bonds is 5. The van der Waals surface area contributed by atoms with Crippen molar-refractivity contribution in [2.75, 3.05) is 0 Å². The van der Waals surface area contributed by atoms with E-state index < -0.39 is 12.3 Å². The standard InChI is InChI=1S/C16H14F2N4O2/c1-10-3-2-6-19-12(10)5-8-22-7-4-11(9-13(22)23)15-20-21-16(24-15)14(17)18/h2-4,6-7,9,14H,5,8H2,1H3. The fourth-order valence-corrected chi connectivity index (χ4v) is 2.27. The Morgan fingerprint density at radius 1 is 1.29 bits per heavy atom. The van der Waals surface area contributed by atoms with Crippen LogP contribution in [0.2, 0.25) is 0 Å². The fourth-order valence-electron chi connectivity index (χ4n) is 2.27. The van der Waals surface area contributed by atoms with E-state index in [0.717, 1.165) is 11.3 Å². The van der Waals surface area contributed by atoms with E-state index in [0.29, 0.717) is 18.5 Å². The Hall–Kier alpha value is -2.90. The molecule has 3 rings (SSSR count). The first-order valence-corrected chi connectivity index (χ1v) is 7.27. The van der Waals surface area contributed by atoms with Crippen LogP contribution in [0.5, 0.6) is 0 Å². The van der Waals surface area contributed by atoms with Crippen LogP contribution in [0.4, 0.5) is 8.78 Å². The van der Waals surface area contributed by atoms with Gasteiger partial charge in [-0.25, -0.2) is 0 Å². The molecule has 6 nitrogen and oxygen atoms in total. The Bertz CT molecular complexity index is 905. The highest BCUT2D eigenvalue weighted by Crippen LogP contribution is 2.22. The van der Waals surface area contributed by atoms with Crippen molar-refractivity contribution in [1.29, 1.82) is 0 Å². The molecule has 3 heterocycles. The van der Waals surface area contributed by atoms with Crippen LogP contribution < -0.4 is 5.56 Å². The maximum atomic E-state index is 12.5. The van der Waals surface area contributed by atoms with Crippen molar-refractivity contribution in [2.45, 2.75) is 26.3 Å². The fraction of sp³-hybridized carbons (Fsp3) is 0.250. The van der Waals surface area contributed by atoms with E-state index in [1.807, 2.05) is 19.1 Å². The Morgan fingerprint density at radius 3 is 2.79 bits per heavy atom. The summed E-state index contributed by atoms with van der Waals surface area (Å²) in [5.74, 6) is -0.866. The summed E-state index contributed by atoms with van der Waals surface area (Å²) in [6.07, 6.45) is 1.06. The van der Waals surface area contributed by atoms with Crippen LogP contribution in [0.25, 0.3) is 11.5 Å². The summed E-state index contributed by atoms with van der Waals surface area (Å²) >= 11 is 0. The smallest absolute Gasteiger partial charge is 0.314 e. The second-order valence-electron chi connectivity index (χ2n) is 5.21. The zero-order valence-electron chi connectivity index (χ0n) is 12.8. The van der Waals surface area contributed by atoms with Crippen LogP contribution in [0.1, 0.15) is 23.6 Å². The van der Waals surface area contributed by atoms with Crippen molar-refractivity contribution in [1.82, 2.24) is 19.7 Å². The van der Waals surface area contributed by atoms with Gasteiger partial charge in [0.15, 0.2) is 0 Å². The summed E-state index contributed by atoms with van der Waals surface area (Å²) in [5, 5.41) is 6.77. The van der Waals surface area contributed by atoms with Crippen molar-refractivity contribution >= 4 is 0 Å². The first-order valence-electron chi connectivity index (χ1n) is 7.27. The van der Waals surface area contributed by atoms with Crippen molar-refractivity contribution < 1.29 is 13.2 Å². The highest BCUT2D eigenvalue weighted by Gasteiger charge is 2.17. The van der Waals surface area contributed by atoms with Crippen LogP contribution in [0.3, 0.4) is 0 Å². The van der Waals surface area contributed by atoms with Gasteiger partial charge in [0.2, 0.25) is 5.89 Å². The lowest BCUT2D eigenvalue weighted by Crippen LogP contribution is -2.20. The van der Waals surface area contributed by atoms with Gasteiger partial charge in [-0.05, 0) is 24.6 Å². The number of pyridine rings is 2. The zero-order valence-corrected chi connectivity index (χ0v) is 12.8. The van der Waals surface area contributed by atoms with Gasteiger partial charge in [-0.3, -0.25) is 9.78 Å². The number of aryl methyl sites for hydroxylation is 3. The zero-order chi connectivity index (χ0) is 17.1. The third kappa shape index (κ3) is 3.37. The molecule has 3 aromatic heterocycles. The molecule has 0 fully saturated rings. The predicted molar refractivity (Wildman–Crippen MR) is 81.6 cm³/mol. The van der Waals surface area contributed by atoms with E-state index in [4.69, 9.17) is 4.42 Å². The van der Waals surface area contributed by atoms with Gasteiger partial charge in [0, 0.05) is 42.7 Å². The summed E-state index contributed by atoms with van der Waals surface area (Å²) in [7, 11) is 0. The summed E-state index contributed by atoms with van der Waals surface area (Å²) in [6.45, 7) is 2.42. The molecule has 0 N–H and O–H groups in total. The van der Waals surface area contributed by atoms with Crippen molar-refractivity contribution in [3.05, 3.63) is 64.2 Å². The van der Waals surface area contributed by atoms with Crippen LogP contribution in [-0.4, -0.2) is 19.7 Å². The first-order chi connectivity index (χ1) is 11.5. The topological polar surface area (TPSA) is 73.8 Å². The van der Waals surface area contributed by atoms with Gasteiger partial charge in [0.25, 0.3) is 11.4 Å². The van der Waals surface area contributed by atoms with Gasteiger partial charge >= 0.3 is 6.43 Å².